The van der Waals surface area contributed by atoms with Gasteiger partial charge in [0, 0.05) is 32.5 Å². The van der Waals surface area contributed by atoms with Crippen LogP contribution in [0.25, 0.3) is 15.8 Å². The molecule has 2 aromatic rings. The molecule has 0 saturated heterocycles. The van der Waals surface area contributed by atoms with Gasteiger partial charge in [-0.2, -0.15) is 0 Å². The number of fused-ring (bicyclic) bond motifs is 2. The van der Waals surface area contributed by atoms with Gasteiger partial charge in [-0.05, 0) is 12.0 Å². The first kappa shape index (κ1) is 15.1. The Morgan fingerprint density at radius 1 is 1.24 bits per heavy atom. The van der Waals surface area contributed by atoms with Crippen molar-refractivity contribution >= 4 is 61.0 Å². The zero-order chi connectivity index (χ0) is 13.7. The fraction of sp³-hybridized carbons (Fsp3) is 0.312. The van der Waals surface area contributed by atoms with E-state index in [1.807, 2.05) is 23.1 Å². The molecule has 0 amide bonds. The smallest absolute Gasteiger partial charge is 0.168 e. The number of rotatable bonds is 2. The Labute approximate surface area is 143 Å². The van der Waals surface area contributed by atoms with Crippen LogP contribution >= 0.6 is 40.1 Å². The number of benzene rings is 1. The minimum absolute atomic E-state index is 0. The molecule has 3 heterocycles. The molecule has 0 atom stereocenters. The van der Waals surface area contributed by atoms with Crippen LogP contribution in [-0.4, -0.2) is 23.2 Å². The van der Waals surface area contributed by atoms with Gasteiger partial charge >= 0.3 is 0 Å². The van der Waals surface area contributed by atoms with Gasteiger partial charge < -0.3 is 4.90 Å². The predicted octanol–water partition coefficient (Wildman–Crippen LogP) is 5.22. The number of hydrogen-bond donors (Lipinski definition) is 0. The third kappa shape index (κ3) is 2.35. The Balaban J connectivity index is 0.00000132. The van der Waals surface area contributed by atoms with Crippen molar-refractivity contribution in [3.05, 3.63) is 40.1 Å². The Kier molecular flexibility index (Phi) is 4.17. The lowest BCUT2D eigenvalue weighted by Gasteiger charge is -2.17. The molecule has 0 saturated carbocycles. The number of halogens is 1. The molecule has 110 valence electrons. The second-order valence-corrected chi connectivity index (χ2v) is 7.35. The molecule has 2 nitrogen and oxygen atoms in total. The van der Waals surface area contributed by atoms with Gasteiger partial charge in [-0.1, -0.05) is 43.8 Å². The molecule has 1 aromatic heterocycles. The summed E-state index contributed by atoms with van der Waals surface area (Å²) in [6.07, 6.45) is 0. The van der Waals surface area contributed by atoms with Gasteiger partial charge in [-0.25, -0.2) is 0 Å². The zero-order valence-electron chi connectivity index (χ0n) is 12.0. The number of thioether (sulfide) groups is 1. The van der Waals surface area contributed by atoms with Crippen LogP contribution in [0.3, 0.4) is 0 Å². The van der Waals surface area contributed by atoms with Gasteiger partial charge in [0.05, 0.1) is 12.2 Å². The number of hydrogen-bond acceptors (Lipinski definition) is 4. The summed E-state index contributed by atoms with van der Waals surface area (Å²) in [4.78, 5) is 8.51. The molecule has 0 N–H and O–H groups in total. The standard InChI is InChI=1S/C16H16N2S2.BrH/c1-10(2)15-14(18-8-7-17-16(18)20-15)12-9-19-13-6-4-3-5-11(12)13;/h3-6,9-10H,7-8H2,1-2H3;1H. The summed E-state index contributed by atoms with van der Waals surface area (Å²) < 4.78 is 1.37. The maximum absolute atomic E-state index is 4.64. The van der Waals surface area contributed by atoms with E-state index in [9.17, 15) is 0 Å². The van der Waals surface area contributed by atoms with Crippen LogP contribution in [0.5, 0.6) is 0 Å². The molecule has 0 bridgehead atoms. The minimum atomic E-state index is 0. The highest BCUT2D eigenvalue weighted by atomic mass is 79.9. The predicted molar refractivity (Wildman–Crippen MR) is 101 cm³/mol. The Morgan fingerprint density at radius 3 is 2.86 bits per heavy atom. The van der Waals surface area contributed by atoms with Gasteiger partial charge in [-0.3, -0.25) is 4.99 Å². The second kappa shape index (κ2) is 5.78. The van der Waals surface area contributed by atoms with Crippen LogP contribution in [0.4, 0.5) is 0 Å². The van der Waals surface area contributed by atoms with Crippen molar-refractivity contribution in [3.8, 4) is 0 Å². The van der Waals surface area contributed by atoms with E-state index in [2.05, 4.69) is 53.4 Å². The van der Waals surface area contributed by atoms with Crippen molar-refractivity contribution in [2.24, 2.45) is 10.9 Å². The van der Waals surface area contributed by atoms with E-state index >= 15 is 0 Å². The Hall–Kier alpha value is -0.780. The van der Waals surface area contributed by atoms with Crippen molar-refractivity contribution in [2.75, 3.05) is 13.1 Å². The molecule has 0 fully saturated rings. The maximum atomic E-state index is 4.64. The van der Waals surface area contributed by atoms with E-state index in [0.717, 1.165) is 13.1 Å². The largest absolute Gasteiger partial charge is 0.318 e. The average molecular weight is 381 g/mol. The molecule has 0 spiro atoms. The van der Waals surface area contributed by atoms with E-state index in [1.165, 1.54) is 31.4 Å². The maximum Gasteiger partial charge on any atom is 0.168 e. The topological polar surface area (TPSA) is 15.6 Å². The van der Waals surface area contributed by atoms with Gasteiger partial charge in [0.25, 0.3) is 0 Å². The molecule has 0 unspecified atom stereocenters. The number of nitrogens with zero attached hydrogens (tertiary/aromatic N) is 2. The van der Waals surface area contributed by atoms with E-state index in [1.54, 1.807) is 0 Å². The summed E-state index contributed by atoms with van der Waals surface area (Å²) in [7, 11) is 0. The summed E-state index contributed by atoms with van der Waals surface area (Å²) in [5.74, 6) is 0.543. The molecule has 4 rings (SSSR count). The molecular formula is C16H17BrN2S2. The van der Waals surface area contributed by atoms with Crippen LogP contribution < -0.4 is 0 Å². The molecule has 5 heteroatoms. The summed E-state index contributed by atoms with van der Waals surface area (Å²) in [6.45, 7) is 6.51. The first-order valence-corrected chi connectivity index (χ1v) is 8.66. The van der Waals surface area contributed by atoms with Crippen molar-refractivity contribution in [1.29, 1.82) is 0 Å². The highest BCUT2D eigenvalue weighted by Gasteiger charge is 2.34. The van der Waals surface area contributed by atoms with Gasteiger partial charge in [0.15, 0.2) is 5.17 Å². The van der Waals surface area contributed by atoms with E-state index < -0.39 is 0 Å². The second-order valence-electron chi connectivity index (χ2n) is 5.43. The monoisotopic (exact) mass is 380 g/mol. The number of aliphatic imine (C=N–C) groups is 1. The van der Waals surface area contributed by atoms with Crippen molar-refractivity contribution in [1.82, 2.24) is 4.90 Å². The molecule has 2 aliphatic heterocycles. The van der Waals surface area contributed by atoms with Crippen LogP contribution in [0.15, 0.2) is 39.5 Å². The highest BCUT2D eigenvalue weighted by Crippen LogP contribution is 2.47. The Bertz CT molecular complexity index is 746. The third-order valence-corrected chi connectivity index (χ3v) is 6.15. The lowest BCUT2D eigenvalue weighted by atomic mass is 10.1. The lowest BCUT2D eigenvalue weighted by molar-refractivity contribution is 0.642. The van der Waals surface area contributed by atoms with Crippen LogP contribution in [0.2, 0.25) is 0 Å². The van der Waals surface area contributed by atoms with Crippen molar-refractivity contribution in [3.63, 3.8) is 0 Å². The summed E-state index contributed by atoms with van der Waals surface area (Å²) in [6, 6.07) is 8.70. The first-order chi connectivity index (χ1) is 9.75. The summed E-state index contributed by atoms with van der Waals surface area (Å²) in [5, 5.41) is 4.88. The molecule has 0 radical (unpaired) electrons. The van der Waals surface area contributed by atoms with Crippen molar-refractivity contribution < 1.29 is 0 Å². The molecule has 1 aromatic carbocycles. The average Bonchev–Trinajstić information content (AvgIpc) is 3.10. The minimum Gasteiger partial charge on any atom is -0.318 e. The fourth-order valence-corrected chi connectivity index (χ4v) is 4.98. The van der Waals surface area contributed by atoms with E-state index in [4.69, 9.17) is 0 Å². The molecule has 0 aliphatic carbocycles. The quantitative estimate of drug-likeness (QED) is 0.709. The van der Waals surface area contributed by atoms with Gasteiger partial charge in [-0.15, -0.1) is 28.3 Å². The fourth-order valence-electron chi connectivity index (χ4n) is 2.83. The highest BCUT2D eigenvalue weighted by molar-refractivity contribution is 8.93. The number of thiophene rings is 1. The Morgan fingerprint density at radius 2 is 2.05 bits per heavy atom. The SMILES string of the molecule is Br.CC(C)C1=C(c2csc3ccccc23)N2CCN=C2S1. The van der Waals surface area contributed by atoms with E-state index in [0.29, 0.717) is 5.92 Å². The lowest BCUT2D eigenvalue weighted by Crippen LogP contribution is -2.20. The summed E-state index contributed by atoms with van der Waals surface area (Å²) in [5.41, 5.74) is 2.78. The normalized spacial score (nSPS) is 17.5. The van der Waals surface area contributed by atoms with Crippen LogP contribution in [0.1, 0.15) is 19.4 Å². The van der Waals surface area contributed by atoms with Crippen LogP contribution in [0, 0.1) is 5.92 Å². The molecule has 21 heavy (non-hydrogen) atoms. The molecular weight excluding hydrogens is 364 g/mol. The number of allylic oxidation sites excluding steroid dienone is 1. The molecule has 2 aliphatic rings. The zero-order valence-corrected chi connectivity index (χ0v) is 15.3. The van der Waals surface area contributed by atoms with Crippen LogP contribution in [-0.2, 0) is 0 Å². The first-order valence-electron chi connectivity index (χ1n) is 6.96. The van der Waals surface area contributed by atoms with Gasteiger partial charge in [0.1, 0.15) is 0 Å². The third-order valence-electron chi connectivity index (χ3n) is 3.77. The number of amidine groups is 1. The summed E-state index contributed by atoms with van der Waals surface area (Å²) >= 11 is 3.70. The van der Waals surface area contributed by atoms with Gasteiger partial charge in [0.2, 0.25) is 0 Å². The van der Waals surface area contributed by atoms with Crippen molar-refractivity contribution in [2.45, 2.75) is 13.8 Å². The van der Waals surface area contributed by atoms with E-state index in [-0.39, 0.29) is 17.0 Å².